The zero-order chi connectivity index (χ0) is 21.6. The van der Waals surface area contributed by atoms with E-state index in [1.54, 1.807) is 11.4 Å². The summed E-state index contributed by atoms with van der Waals surface area (Å²) >= 11 is 0. The molecule has 2 aliphatic heterocycles. The molecule has 2 saturated heterocycles. The van der Waals surface area contributed by atoms with Gasteiger partial charge in [-0.2, -0.15) is 0 Å². The highest BCUT2D eigenvalue weighted by Crippen LogP contribution is 2.22. The molecular weight excluding hydrogens is 529 g/mol. The molecule has 2 aliphatic rings. The molecule has 0 atom stereocenters. The van der Waals surface area contributed by atoms with Crippen LogP contribution in [0, 0.1) is 5.92 Å². The van der Waals surface area contributed by atoms with Crippen LogP contribution >= 0.6 is 24.0 Å². The highest BCUT2D eigenvalue weighted by atomic mass is 127. The number of anilines is 1. The SMILES string of the molecule is CCNC(=NCC1CCN(S(C)(=O)=O)CC1)N1CCN(c2cccc(OC)c2)CC1.I. The number of nitrogens with one attached hydrogen (secondary N) is 1. The van der Waals surface area contributed by atoms with Gasteiger partial charge in [0, 0.05) is 64.1 Å². The average Bonchev–Trinajstić information content (AvgIpc) is 2.76. The zero-order valence-electron chi connectivity index (χ0n) is 18.8. The number of piperazine rings is 1. The van der Waals surface area contributed by atoms with E-state index in [0.717, 1.165) is 63.8 Å². The average molecular weight is 566 g/mol. The Bertz CT molecular complexity index is 820. The number of piperidine rings is 1. The predicted molar refractivity (Wildman–Crippen MR) is 137 cm³/mol. The number of rotatable bonds is 6. The highest BCUT2D eigenvalue weighted by molar-refractivity contribution is 14.0. The van der Waals surface area contributed by atoms with Crippen LogP contribution in [0.4, 0.5) is 5.69 Å². The van der Waals surface area contributed by atoms with Crippen molar-refractivity contribution in [3.8, 4) is 5.75 Å². The van der Waals surface area contributed by atoms with Gasteiger partial charge in [-0.3, -0.25) is 4.99 Å². The summed E-state index contributed by atoms with van der Waals surface area (Å²) in [7, 11) is -1.38. The van der Waals surface area contributed by atoms with Crippen LogP contribution in [0.15, 0.2) is 29.3 Å². The van der Waals surface area contributed by atoms with Crippen LogP contribution in [0.3, 0.4) is 0 Å². The second-order valence-electron chi connectivity index (χ2n) is 7.98. The summed E-state index contributed by atoms with van der Waals surface area (Å²) in [5.74, 6) is 2.29. The van der Waals surface area contributed by atoms with Gasteiger partial charge in [0.05, 0.1) is 13.4 Å². The van der Waals surface area contributed by atoms with E-state index in [-0.39, 0.29) is 24.0 Å². The van der Waals surface area contributed by atoms with Gasteiger partial charge in [-0.25, -0.2) is 12.7 Å². The highest BCUT2D eigenvalue weighted by Gasteiger charge is 2.25. The van der Waals surface area contributed by atoms with Crippen molar-refractivity contribution in [3.63, 3.8) is 0 Å². The van der Waals surface area contributed by atoms with Crippen molar-refractivity contribution >= 4 is 45.6 Å². The number of methoxy groups -OCH3 is 1. The summed E-state index contributed by atoms with van der Waals surface area (Å²) in [5.41, 5.74) is 1.19. The van der Waals surface area contributed by atoms with Crippen LogP contribution in [-0.2, 0) is 10.0 Å². The Morgan fingerprint density at radius 1 is 1.16 bits per heavy atom. The Balaban J connectivity index is 0.00000341. The molecule has 2 fully saturated rings. The Kier molecular flexibility index (Phi) is 10.1. The Morgan fingerprint density at radius 2 is 1.84 bits per heavy atom. The molecule has 0 aromatic heterocycles. The summed E-state index contributed by atoms with van der Waals surface area (Å²) in [6.45, 7) is 8.58. The lowest BCUT2D eigenvalue weighted by Crippen LogP contribution is -2.52. The molecule has 8 nitrogen and oxygen atoms in total. The first-order chi connectivity index (χ1) is 14.4. The predicted octanol–water partition coefficient (Wildman–Crippen LogP) is 2.07. The summed E-state index contributed by atoms with van der Waals surface area (Å²) in [6, 6.07) is 8.20. The number of halogens is 1. The van der Waals surface area contributed by atoms with Crippen molar-refractivity contribution in [2.45, 2.75) is 19.8 Å². The molecule has 1 N–H and O–H groups in total. The number of ether oxygens (including phenoxy) is 1. The standard InChI is InChI=1S/C21H35N5O3S.HI/c1-4-22-21(23-17-18-8-10-26(11-9-18)30(3,27)28)25-14-12-24(13-15-25)19-6-5-7-20(16-19)29-2;/h5-7,16,18H,4,8-15,17H2,1-3H3,(H,22,23);1H. The van der Waals surface area contributed by atoms with Gasteiger partial charge in [-0.1, -0.05) is 6.07 Å². The lowest BCUT2D eigenvalue weighted by molar-refractivity contribution is 0.279. The number of guanidine groups is 1. The van der Waals surface area contributed by atoms with Gasteiger partial charge in [-0.05, 0) is 37.8 Å². The molecule has 0 aliphatic carbocycles. The number of aliphatic imine (C=N–C) groups is 1. The molecule has 1 aromatic carbocycles. The first-order valence-electron chi connectivity index (χ1n) is 10.8. The third-order valence-electron chi connectivity index (χ3n) is 5.87. The van der Waals surface area contributed by atoms with E-state index in [4.69, 9.17) is 9.73 Å². The Hall–Kier alpha value is -1.27. The van der Waals surface area contributed by atoms with E-state index >= 15 is 0 Å². The molecule has 0 unspecified atom stereocenters. The number of sulfonamides is 1. The molecular formula is C21H36IN5O3S. The molecule has 10 heteroatoms. The largest absolute Gasteiger partial charge is 0.497 e. The molecule has 0 spiro atoms. The number of nitrogens with zero attached hydrogens (tertiary/aromatic N) is 4. The van der Waals surface area contributed by atoms with Crippen LogP contribution in [-0.4, -0.2) is 89.3 Å². The van der Waals surface area contributed by atoms with Crippen molar-refractivity contribution in [1.29, 1.82) is 0 Å². The first-order valence-corrected chi connectivity index (χ1v) is 12.6. The van der Waals surface area contributed by atoms with Gasteiger partial charge in [0.2, 0.25) is 10.0 Å². The molecule has 176 valence electrons. The molecule has 2 heterocycles. The minimum Gasteiger partial charge on any atom is -0.497 e. The van der Waals surface area contributed by atoms with E-state index in [0.29, 0.717) is 19.0 Å². The smallest absolute Gasteiger partial charge is 0.211 e. The van der Waals surface area contributed by atoms with Crippen molar-refractivity contribution in [1.82, 2.24) is 14.5 Å². The third-order valence-corrected chi connectivity index (χ3v) is 7.18. The van der Waals surface area contributed by atoms with E-state index in [9.17, 15) is 8.42 Å². The maximum Gasteiger partial charge on any atom is 0.211 e. The first kappa shape index (κ1) is 26.0. The monoisotopic (exact) mass is 565 g/mol. The van der Waals surface area contributed by atoms with Gasteiger partial charge < -0.3 is 19.9 Å². The Morgan fingerprint density at radius 3 is 2.42 bits per heavy atom. The van der Waals surface area contributed by atoms with Gasteiger partial charge in [0.25, 0.3) is 0 Å². The minimum absolute atomic E-state index is 0. The lowest BCUT2D eigenvalue weighted by atomic mass is 9.98. The van der Waals surface area contributed by atoms with Gasteiger partial charge >= 0.3 is 0 Å². The van der Waals surface area contributed by atoms with Crippen LogP contribution in [0.5, 0.6) is 5.75 Å². The van der Waals surface area contributed by atoms with Crippen LogP contribution in [0.2, 0.25) is 0 Å². The molecule has 1 aromatic rings. The lowest BCUT2D eigenvalue weighted by Gasteiger charge is -2.38. The van der Waals surface area contributed by atoms with Gasteiger partial charge in [0.15, 0.2) is 5.96 Å². The van der Waals surface area contributed by atoms with Crippen LogP contribution < -0.4 is 15.0 Å². The summed E-state index contributed by atoms with van der Waals surface area (Å²) < 4.78 is 30.3. The van der Waals surface area contributed by atoms with E-state index in [2.05, 4.69) is 34.2 Å². The van der Waals surface area contributed by atoms with E-state index in [1.165, 1.54) is 11.9 Å². The van der Waals surface area contributed by atoms with Gasteiger partial charge in [0.1, 0.15) is 5.75 Å². The molecule has 31 heavy (non-hydrogen) atoms. The summed E-state index contributed by atoms with van der Waals surface area (Å²) in [4.78, 5) is 9.60. The summed E-state index contributed by atoms with van der Waals surface area (Å²) in [5, 5.41) is 3.43. The van der Waals surface area contributed by atoms with E-state index in [1.807, 2.05) is 12.1 Å². The van der Waals surface area contributed by atoms with Crippen LogP contribution in [0.25, 0.3) is 0 Å². The van der Waals surface area contributed by atoms with Crippen molar-refractivity contribution in [2.75, 3.05) is 70.6 Å². The van der Waals surface area contributed by atoms with Crippen molar-refractivity contribution in [2.24, 2.45) is 10.9 Å². The molecule has 0 radical (unpaired) electrons. The number of benzene rings is 1. The topological polar surface area (TPSA) is 77.5 Å². The van der Waals surface area contributed by atoms with Gasteiger partial charge in [-0.15, -0.1) is 24.0 Å². The fourth-order valence-electron chi connectivity index (χ4n) is 4.05. The maximum atomic E-state index is 11.7. The van der Waals surface area contributed by atoms with Crippen molar-refractivity contribution in [3.05, 3.63) is 24.3 Å². The third kappa shape index (κ3) is 7.38. The molecule has 0 amide bonds. The number of hydrogen-bond acceptors (Lipinski definition) is 5. The zero-order valence-corrected chi connectivity index (χ0v) is 21.9. The normalized spacial score (nSPS) is 19.1. The fraction of sp³-hybridized carbons (Fsp3) is 0.667. The van der Waals surface area contributed by atoms with E-state index < -0.39 is 10.0 Å². The van der Waals surface area contributed by atoms with Crippen molar-refractivity contribution < 1.29 is 13.2 Å². The second kappa shape index (κ2) is 12.1. The quantitative estimate of drug-likeness (QED) is 0.324. The second-order valence-corrected chi connectivity index (χ2v) is 9.96. The minimum atomic E-state index is -3.07. The number of hydrogen-bond donors (Lipinski definition) is 1. The fourth-order valence-corrected chi connectivity index (χ4v) is 4.92. The molecule has 0 bridgehead atoms. The Labute approximate surface area is 204 Å². The molecule has 3 rings (SSSR count). The summed E-state index contributed by atoms with van der Waals surface area (Å²) in [6.07, 6.45) is 3.04. The molecule has 0 saturated carbocycles. The maximum absolute atomic E-state index is 11.7. The van der Waals surface area contributed by atoms with Crippen LogP contribution in [0.1, 0.15) is 19.8 Å².